The number of sulfonamides is 1. The third-order valence-corrected chi connectivity index (χ3v) is 6.19. The van der Waals surface area contributed by atoms with Gasteiger partial charge in [-0.2, -0.15) is 0 Å². The number of benzene rings is 2. The van der Waals surface area contributed by atoms with E-state index in [-0.39, 0.29) is 29.0 Å². The number of halogens is 1. The normalized spacial score (nSPS) is 12.1. The molecule has 0 bridgehead atoms. The fourth-order valence-electron chi connectivity index (χ4n) is 3.50. The molecule has 0 saturated carbocycles. The van der Waals surface area contributed by atoms with Gasteiger partial charge in [-0.3, -0.25) is 4.79 Å². The van der Waals surface area contributed by atoms with Crippen molar-refractivity contribution in [3.63, 3.8) is 0 Å². The predicted octanol–water partition coefficient (Wildman–Crippen LogP) is 4.18. The van der Waals surface area contributed by atoms with Crippen molar-refractivity contribution in [1.82, 2.24) is 9.62 Å². The van der Waals surface area contributed by atoms with Gasteiger partial charge in [0.15, 0.2) is 0 Å². The molecule has 0 fully saturated rings. The number of nitrogens with one attached hydrogen (secondary N) is 1. The summed E-state index contributed by atoms with van der Waals surface area (Å²) in [5.41, 5.74) is 2.96. The Bertz CT molecular complexity index is 986. The molecule has 0 heterocycles. The van der Waals surface area contributed by atoms with Gasteiger partial charge in [0.2, 0.25) is 5.91 Å². The van der Waals surface area contributed by atoms with Gasteiger partial charge >= 0.3 is 0 Å². The van der Waals surface area contributed by atoms with Crippen molar-refractivity contribution in [2.45, 2.75) is 57.4 Å². The van der Waals surface area contributed by atoms with Crippen molar-refractivity contribution in [1.29, 1.82) is 0 Å². The van der Waals surface area contributed by atoms with E-state index in [9.17, 15) is 17.6 Å². The van der Waals surface area contributed by atoms with Crippen molar-refractivity contribution in [2.24, 2.45) is 0 Å². The van der Waals surface area contributed by atoms with Gasteiger partial charge in [-0.05, 0) is 72.5 Å². The van der Waals surface area contributed by atoms with Crippen molar-refractivity contribution in [3.8, 4) is 0 Å². The number of carbonyl (C=O) groups is 1. The predicted molar refractivity (Wildman–Crippen MR) is 117 cm³/mol. The Morgan fingerprint density at radius 3 is 2.10 bits per heavy atom. The number of hydrogen-bond donors (Lipinski definition) is 1. The zero-order valence-electron chi connectivity index (χ0n) is 18.5. The second-order valence-corrected chi connectivity index (χ2v) is 10.1. The summed E-state index contributed by atoms with van der Waals surface area (Å²) in [7, 11) is -0.218. The van der Waals surface area contributed by atoms with Crippen LogP contribution in [0.4, 0.5) is 4.39 Å². The van der Waals surface area contributed by atoms with Gasteiger partial charge in [0.25, 0.3) is 10.0 Å². The van der Waals surface area contributed by atoms with E-state index in [1.54, 1.807) is 12.1 Å². The minimum atomic E-state index is -4.00. The summed E-state index contributed by atoms with van der Waals surface area (Å²) in [6.45, 7) is 8.28. The van der Waals surface area contributed by atoms with Crippen LogP contribution in [0.15, 0.2) is 41.3 Å². The molecule has 7 heteroatoms. The molecule has 30 heavy (non-hydrogen) atoms. The largest absolute Gasteiger partial charge is 0.305 e. The lowest BCUT2D eigenvalue weighted by Gasteiger charge is -2.20. The van der Waals surface area contributed by atoms with Gasteiger partial charge in [0, 0.05) is 6.54 Å². The maximum absolute atomic E-state index is 14.1. The van der Waals surface area contributed by atoms with E-state index in [0.29, 0.717) is 12.1 Å². The fourth-order valence-corrected chi connectivity index (χ4v) is 4.55. The summed E-state index contributed by atoms with van der Waals surface area (Å²) >= 11 is 0. The topological polar surface area (TPSA) is 66.5 Å². The van der Waals surface area contributed by atoms with Crippen LogP contribution in [0, 0.1) is 5.82 Å². The zero-order valence-corrected chi connectivity index (χ0v) is 19.3. The first-order valence-corrected chi connectivity index (χ1v) is 11.5. The standard InChI is InChI=1S/C23H31FN2O3S/c1-15(2)20-11-18(24)12-21(16(3)4)22(20)13-23(27)25-30(28,29)19-9-7-8-17(10-19)14-26(5)6/h7-12,15-16H,13-14H2,1-6H3,(H,25,27). The quantitative estimate of drug-likeness (QED) is 0.677. The first-order chi connectivity index (χ1) is 13.9. The van der Waals surface area contributed by atoms with E-state index in [1.807, 2.05) is 52.8 Å². The van der Waals surface area contributed by atoms with Crippen LogP contribution >= 0.6 is 0 Å². The van der Waals surface area contributed by atoms with Crippen molar-refractivity contribution in [2.75, 3.05) is 14.1 Å². The number of amides is 1. The van der Waals surface area contributed by atoms with Gasteiger partial charge in [0.1, 0.15) is 5.82 Å². The Morgan fingerprint density at radius 1 is 1.03 bits per heavy atom. The summed E-state index contributed by atoms with van der Waals surface area (Å²) in [6.07, 6.45) is -0.127. The average Bonchev–Trinajstić information content (AvgIpc) is 2.61. The molecular weight excluding hydrogens is 403 g/mol. The van der Waals surface area contributed by atoms with Crippen LogP contribution in [0.3, 0.4) is 0 Å². The SMILES string of the molecule is CC(C)c1cc(F)cc(C(C)C)c1CC(=O)NS(=O)(=O)c1cccc(CN(C)C)c1. The molecule has 1 amide bonds. The lowest BCUT2D eigenvalue weighted by atomic mass is 9.87. The average molecular weight is 435 g/mol. The van der Waals surface area contributed by atoms with Crippen LogP contribution in [-0.4, -0.2) is 33.3 Å². The number of carbonyl (C=O) groups excluding carboxylic acids is 1. The molecule has 0 aliphatic rings. The van der Waals surface area contributed by atoms with Gasteiger partial charge in [0.05, 0.1) is 11.3 Å². The summed E-state index contributed by atoms with van der Waals surface area (Å²) in [4.78, 5) is 14.7. The van der Waals surface area contributed by atoms with Gasteiger partial charge in [-0.1, -0.05) is 39.8 Å². The van der Waals surface area contributed by atoms with Gasteiger partial charge in [-0.15, -0.1) is 0 Å². The highest BCUT2D eigenvalue weighted by Crippen LogP contribution is 2.29. The number of nitrogens with zero attached hydrogens (tertiary/aromatic N) is 1. The lowest BCUT2D eigenvalue weighted by Crippen LogP contribution is -2.32. The Kier molecular flexibility index (Phi) is 7.77. The number of rotatable bonds is 8. The molecule has 2 aromatic rings. The van der Waals surface area contributed by atoms with E-state index in [4.69, 9.17) is 0 Å². The van der Waals surface area contributed by atoms with Crippen LogP contribution in [0.1, 0.15) is 61.8 Å². The Hall–Kier alpha value is -2.25. The van der Waals surface area contributed by atoms with Crippen LogP contribution in [0.2, 0.25) is 0 Å². The van der Waals surface area contributed by atoms with E-state index in [1.165, 1.54) is 18.2 Å². The lowest BCUT2D eigenvalue weighted by molar-refractivity contribution is -0.118. The smallest absolute Gasteiger partial charge is 0.264 e. The minimum Gasteiger partial charge on any atom is -0.305 e. The minimum absolute atomic E-state index is 0.000298. The van der Waals surface area contributed by atoms with E-state index >= 15 is 0 Å². The van der Waals surface area contributed by atoms with Crippen LogP contribution < -0.4 is 4.72 Å². The molecule has 0 aliphatic heterocycles. The molecule has 1 N–H and O–H groups in total. The Morgan fingerprint density at radius 2 is 1.60 bits per heavy atom. The van der Waals surface area contributed by atoms with Crippen LogP contribution in [0.25, 0.3) is 0 Å². The molecule has 2 rings (SSSR count). The highest BCUT2D eigenvalue weighted by molar-refractivity contribution is 7.90. The second-order valence-electron chi connectivity index (χ2n) is 8.46. The maximum Gasteiger partial charge on any atom is 0.264 e. The highest BCUT2D eigenvalue weighted by Gasteiger charge is 2.22. The molecule has 0 aromatic heterocycles. The van der Waals surface area contributed by atoms with Crippen molar-refractivity contribution in [3.05, 3.63) is 64.5 Å². The summed E-state index contributed by atoms with van der Waals surface area (Å²) in [5.74, 6) is -0.985. The molecule has 0 aliphatic carbocycles. The summed E-state index contributed by atoms with van der Waals surface area (Å²) in [5, 5.41) is 0. The van der Waals surface area contributed by atoms with E-state index in [0.717, 1.165) is 16.7 Å². The highest BCUT2D eigenvalue weighted by atomic mass is 32.2. The van der Waals surface area contributed by atoms with Gasteiger partial charge < -0.3 is 4.90 Å². The van der Waals surface area contributed by atoms with Gasteiger partial charge in [-0.25, -0.2) is 17.5 Å². The first-order valence-electron chi connectivity index (χ1n) is 10.0. The molecule has 0 unspecified atom stereocenters. The molecule has 2 aromatic carbocycles. The van der Waals surface area contributed by atoms with Crippen LogP contribution in [0.5, 0.6) is 0 Å². The van der Waals surface area contributed by atoms with Crippen LogP contribution in [-0.2, 0) is 27.8 Å². The molecule has 164 valence electrons. The summed E-state index contributed by atoms with van der Waals surface area (Å²) < 4.78 is 41.8. The number of hydrogen-bond acceptors (Lipinski definition) is 4. The molecule has 0 spiro atoms. The van der Waals surface area contributed by atoms with Crippen molar-refractivity contribution < 1.29 is 17.6 Å². The maximum atomic E-state index is 14.1. The Balaban J connectivity index is 2.31. The third-order valence-electron chi connectivity index (χ3n) is 4.82. The van der Waals surface area contributed by atoms with E-state index < -0.39 is 15.9 Å². The molecule has 5 nitrogen and oxygen atoms in total. The molecule has 0 atom stereocenters. The monoisotopic (exact) mass is 434 g/mol. The molecule has 0 radical (unpaired) electrons. The third kappa shape index (κ3) is 6.12. The molecular formula is C23H31FN2O3S. The fraction of sp³-hybridized carbons (Fsp3) is 0.435. The summed E-state index contributed by atoms with van der Waals surface area (Å²) in [6, 6.07) is 9.38. The van der Waals surface area contributed by atoms with Crippen molar-refractivity contribution >= 4 is 15.9 Å². The first kappa shape index (κ1) is 24.0. The molecule has 0 saturated heterocycles. The second kappa shape index (κ2) is 9.71. The zero-order chi connectivity index (χ0) is 22.6. The Labute approximate surface area is 179 Å². The van der Waals surface area contributed by atoms with E-state index in [2.05, 4.69) is 4.72 Å².